The molecular weight excluding hydrogens is 176 g/mol. The molecule has 1 aliphatic rings. The molecule has 3 heteroatoms. The monoisotopic (exact) mass is 198 g/mol. The smallest absolute Gasteiger partial charge is 0.219 e. The van der Waals surface area contributed by atoms with Crippen LogP contribution in [0.5, 0.6) is 0 Å². The fraction of sp³-hybridized carbons (Fsp3) is 0.909. The average Bonchev–Trinajstić information content (AvgIpc) is 2.19. The summed E-state index contributed by atoms with van der Waals surface area (Å²) in [6, 6.07) is 0. The number of piperazine rings is 1. The van der Waals surface area contributed by atoms with E-state index in [1.807, 2.05) is 4.90 Å². The Labute approximate surface area is 87.1 Å². The lowest BCUT2D eigenvalue weighted by Crippen LogP contribution is -2.48. The molecule has 1 rings (SSSR count). The van der Waals surface area contributed by atoms with E-state index in [4.69, 9.17) is 0 Å². The average molecular weight is 198 g/mol. The van der Waals surface area contributed by atoms with Gasteiger partial charge in [0.15, 0.2) is 0 Å². The van der Waals surface area contributed by atoms with E-state index in [1.165, 1.54) is 25.8 Å². The number of hydrogen-bond acceptors (Lipinski definition) is 2. The number of hydrogen-bond donors (Lipinski definition) is 0. The molecule has 0 N–H and O–H groups in total. The Morgan fingerprint density at radius 3 is 2.29 bits per heavy atom. The second-order valence-corrected chi connectivity index (χ2v) is 4.05. The van der Waals surface area contributed by atoms with Crippen LogP contribution in [-0.2, 0) is 4.79 Å². The molecule has 1 saturated heterocycles. The lowest BCUT2D eigenvalue weighted by molar-refractivity contribution is -0.130. The van der Waals surface area contributed by atoms with E-state index in [0.29, 0.717) is 0 Å². The van der Waals surface area contributed by atoms with Crippen LogP contribution in [-0.4, -0.2) is 48.4 Å². The van der Waals surface area contributed by atoms with Crippen LogP contribution in [0.25, 0.3) is 0 Å². The van der Waals surface area contributed by atoms with E-state index in [1.54, 1.807) is 6.92 Å². The summed E-state index contributed by atoms with van der Waals surface area (Å²) in [6.45, 7) is 9.05. The first-order valence-electron chi connectivity index (χ1n) is 5.72. The van der Waals surface area contributed by atoms with Crippen LogP contribution in [0.1, 0.15) is 33.1 Å². The first-order chi connectivity index (χ1) is 6.74. The molecule has 0 unspecified atom stereocenters. The van der Waals surface area contributed by atoms with Crippen LogP contribution < -0.4 is 0 Å². The molecule has 1 fully saturated rings. The molecule has 0 bridgehead atoms. The predicted octanol–water partition coefficient (Wildman–Crippen LogP) is 1.34. The number of nitrogens with zero attached hydrogens (tertiary/aromatic N) is 2. The molecular formula is C11H22N2O. The summed E-state index contributed by atoms with van der Waals surface area (Å²) in [5.74, 6) is 0.221. The summed E-state index contributed by atoms with van der Waals surface area (Å²) in [7, 11) is 0. The Bertz CT molecular complexity index is 174. The molecule has 0 spiro atoms. The second-order valence-electron chi connectivity index (χ2n) is 4.05. The van der Waals surface area contributed by atoms with Crippen molar-refractivity contribution in [2.45, 2.75) is 33.1 Å². The van der Waals surface area contributed by atoms with Gasteiger partial charge in [0, 0.05) is 33.1 Å². The molecule has 0 radical (unpaired) electrons. The number of rotatable bonds is 4. The highest BCUT2D eigenvalue weighted by Crippen LogP contribution is 2.04. The largest absolute Gasteiger partial charge is 0.340 e. The maximum Gasteiger partial charge on any atom is 0.219 e. The van der Waals surface area contributed by atoms with Crippen molar-refractivity contribution in [2.24, 2.45) is 0 Å². The van der Waals surface area contributed by atoms with Crippen LogP contribution in [0.3, 0.4) is 0 Å². The third-order valence-electron chi connectivity index (χ3n) is 2.90. The normalized spacial score (nSPS) is 18.6. The van der Waals surface area contributed by atoms with Crippen molar-refractivity contribution in [1.82, 2.24) is 9.80 Å². The van der Waals surface area contributed by atoms with Crippen molar-refractivity contribution in [3.8, 4) is 0 Å². The van der Waals surface area contributed by atoms with E-state index in [0.717, 1.165) is 26.2 Å². The summed E-state index contributed by atoms with van der Waals surface area (Å²) in [5.41, 5.74) is 0. The van der Waals surface area contributed by atoms with E-state index in [2.05, 4.69) is 11.8 Å². The molecule has 3 nitrogen and oxygen atoms in total. The zero-order valence-electron chi connectivity index (χ0n) is 9.46. The van der Waals surface area contributed by atoms with Gasteiger partial charge in [-0.3, -0.25) is 9.69 Å². The number of carbonyl (C=O) groups is 1. The minimum atomic E-state index is 0.221. The van der Waals surface area contributed by atoms with E-state index in [-0.39, 0.29) is 5.91 Å². The summed E-state index contributed by atoms with van der Waals surface area (Å²) < 4.78 is 0. The molecule has 14 heavy (non-hydrogen) atoms. The van der Waals surface area contributed by atoms with Crippen LogP contribution >= 0.6 is 0 Å². The van der Waals surface area contributed by atoms with Crippen LogP contribution in [0.4, 0.5) is 0 Å². The van der Waals surface area contributed by atoms with Gasteiger partial charge in [0.1, 0.15) is 0 Å². The summed E-state index contributed by atoms with van der Waals surface area (Å²) in [6.07, 6.45) is 3.91. The Balaban J connectivity index is 2.12. The first kappa shape index (κ1) is 11.5. The van der Waals surface area contributed by atoms with Crippen LogP contribution in [0.2, 0.25) is 0 Å². The molecule has 0 aromatic carbocycles. The maximum absolute atomic E-state index is 11.1. The van der Waals surface area contributed by atoms with Crippen molar-refractivity contribution in [1.29, 1.82) is 0 Å². The molecule has 1 heterocycles. The molecule has 0 aromatic rings. The summed E-state index contributed by atoms with van der Waals surface area (Å²) in [5, 5.41) is 0. The zero-order chi connectivity index (χ0) is 10.4. The minimum Gasteiger partial charge on any atom is -0.340 e. The molecule has 1 amide bonds. The Kier molecular flexibility index (Phi) is 4.94. The van der Waals surface area contributed by atoms with Crippen molar-refractivity contribution in [2.75, 3.05) is 32.7 Å². The van der Waals surface area contributed by atoms with Crippen molar-refractivity contribution in [3.63, 3.8) is 0 Å². The predicted molar refractivity (Wildman–Crippen MR) is 58.2 cm³/mol. The quantitative estimate of drug-likeness (QED) is 0.636. The standard InChI is InChI=1S/C11H22N2O/c1-3-4-5-6-12-7-9-13(10-8-12)11(2)14/h3-10H2,1-2H3. The summed E-state index contributed by atoms with van der Waals surface area (Å²) in [4.78, 5) is 15.5. The van der Waals surface area contributed by atoms with Crippen molar-refractivity contribution >= 4 is 5.91 Å². The van der Waals surface area contributed by atoms with Gasteiger partial charge >= 0.3 is 0 Å². The van der Waals surface area contributed by atoms with Crippen LogP contribution in [0, 0.1) is 0 Å². The van der Waals surface area contributed by atoms with Gasteiger partial charge in [0.25, 0.3) is 0 Å². The molecule has 82 valence electrons. The SMILES string of the molecule is CCCCCN1CCN(C(C)=O)CC1. The van der Waals surface area contributed by atoms with Gasteiger partial charge in [-0.2, -0.15) is 0 Å². The second kappa shape index (κ2) is 6.02. The van der Waals surface area contributed by atoms with Gasteiger partial charge < -0.3 is 4.90 Å². The third kappa shape index (κ3) is 3.66. The highest BCUT2D eigenvalue weighted by molar-refractivity contribution is 5.73. The molecule has 1 aliphatic heterocycles. The van der Waals surface area contributed by atoms with E-state index in [9.17, 15) is 4.79 Å². The van der Waals surface area contributed by atoms with Crippen LogP contribution in [0.15, 0.2) is 0 Å². The number of carbonyl (C=O) groups excluding carboxylic acids is 1. The van der Waals surface area contributed by atoms with Gasteiger partial charge in [-0.05, 0) is 13.0 Å². The topological polar surface area (TPSA) is 23.6 Å². The molecule has 0 aromatic heterocycles. The van der Waals surface area contributed by atoms with E-state index >= 15 is 0 Å². The van der Waals surface area contributed by atoms with Gasteiger partial charge in [0.05, 0.1) is 0 Å². The van der Waals surface area contributed by atoms with Gasteiger partial charge in [-0.25, -0.2) is 0 Å². The highest BCUT2D eigenvalue weighted by Gasteiger charge is 2.17. The third-order valence-corrected chi connectivity index (χ3v) is 2.90. The van der Waals surface area contributed by atoms with Crippen molar-refractivity contribution in [3.05, 3.63) is 0 Å². The van der Waals surface area contributed by atoms with Gasteiger partial charge in [-0.1, -0.05) is 19.8 Å². The molecule has 0 aliphatic carbocycles. The molecule has 0 atom stereocenters. The Hall–Kier alpha value is -0.570. The van der Waals surface area contributed by atoms with Gasteiger partial charge in [-0.15, -0.1) is 0 Å². The van der Waals surface area contributed by atoms with Crippen molar-refractivity contribution < 1.29 is 4.79 Å². The Morgan fingerprint density at radius 1 is 1.14 bits per heavy atom. The number of amides is 1. The fourth-order valence-corrected chi connectivity index (χ4v) is 1.87. The summed E-state index contributed by atoms with van der Waals surface area (Å²) >= 11 is 0. The first-order valence-corrected chi connectivity index (χ1v) is 5.72. The van der Waals surface area contributed by atoms with E-state index < -0.39 is 0 Å². The minimum absolute atomic E-state index is 0.221. The fourth-order valence-electron chi connectivity index (χ4n) is 1.87. The highest BCUT2D eigenvalue weighted by atomic mass is 16.2. The molecule has 0 saturated carbocycles. The zero-order valence-corrected chi connectivity index (χ0v) is 9.46. The lowest BCUT2D eigenvalue weighted by Gasteiger charge is -2.34. The maximum atomic E-state index is 11.1. The van der Waals surface area contributed by atoms with Gasteiger partial charge in [0.2, 0.25) is 5.91 Å². The number of unbranched alkanes of at least 4 members (excludes halogenated alkanes) is 2. The Morgan fingerprint density at radius 2 is 1.79 bits per heavy atom. The lowest BCUT2D eigenvalue weighted by atomic mass is 10.2.